The Balaban J connectivity index is 1.72. The lowest BCUT2D eigenvalue weighted by Crippen LogP contribution is -2.02. The summed E-state index contributed by atoms with van der Waals surface area (Å²) in [4.78, 5) is 9.34. The van der Waals surface area contributed by atoms with Crippen LogP contribution in [0.5, 0.6) is 11.5 Å². The molecule has 0 radical (unpaired) electrons. The average Bonchev–Trinajstić information content (AvgIpc) is 3.37. The van der Waals surface area contributed by atoms with Gasteiger partial charge in [0, 0.05) is 24.2 Å². The largest absolute Gasteiger partial charge is 0.497 e. The molecule has 2 aromatic carbocycles. The standard InChI is InChI=1S/C24H28N6O2S2/c1-5-29-21(19(27-23(29)25)15-7-11-17(31-3)12-8-15)33-34-22-20(28-24(26)30(22)6-2)16-9-13-18(32-4)14-10-16/h7-14H,5-6H2,1-4H3,(H2,25,27)(H2,26,28). The second-order valence-electron chi connectivity index (χ2n) is 7.36. The predicted octanol–water partition coefficient (Wildman–Crippen LogP) is 5.43. The fourth-order valence-corrected chi connectivity index (χ4v) is 6.40. The van der Waals surface area contributed by atoms with Crippen molar-refractivity contribution < 1.29 is 9.47 Å². The van der Waals surface area contributed by atoms with Gasteiger partial charge in [-0.1, -0.05) is 0 Å². The molecule has 2 aromatic heterocycles. The number of nitrogen functional groups attached to an aromatic ring is 2. The lowest BCUT2D eigenvalue weighted by atomic mass is 10.1. The van der Waals surface area contributed by atoms with Crippen molar-refractivity contribution in [3.63, 3.8) is 0 Å². The Kier molecular flexibility index (Phi) is 7.28. The molecule has 0 unspecified atom stereocenters. The zero-order valence-electron chi connectivity index (χ0n) is 19.6. The van der Waals surface area contributed by atoms with Gasteiger partial charge in [-0.2, -0.15) is 0 Å². The topological polar surface area (TPSA) is 106 Å². The monoisotopic (exact) mass is 496 g/mol. The molecule has 0 spiro atoms. The van der Waals surface area contributed by atoms with Crippen LogP contribution in [0.15, 0.2) is 58.6 Å². The normalized spacial score (nSPS) is 11.1. The van der Waals surface area contributed by atoms with E-state index in [4.69, 9.17) is 20.9 Å². The number of rotatable bonds is 9. The molecule has 178 valence electrons. The Hall–Kier alpha value is -3.24. The number of anilines is 2. The summed E-state index contributed by atoms with van der Waals surface area (Å²) in [6, 6.07) is 15.7. The van der Waals surface area contributed by atoms with E-state index in [0.29, 0.717) is 25.0 Å². The molecule has 8 nitrogen and oxygen atoms in total. The van der Waals surface area contributed by atoms with Crippen LogP contribution in [0.3, 0.4) is 0 Å². The van der Waals surface area contributed by atoms with Crippen molar-refractivity contribution in [2.75, 3.05) is 25.7 Å². The summed E-state index contributed by atoms with van der Waals surface area (Å²) < 4.78 is 14.6. The first-order valence-electron chi connectivity index (χ1n) is 10.9. The van der Waals surface area contributed by atoms with Gasteiger partial charge in [0.15, 0.2) is 0 Å². The van der Waals surface area contributed by atoms with Gasteiger partial charge in [-0.25, -0.2) is 9.97 Å². The Morgan fingerprint density at radius 3 is 1.32 bits per heavy atom. The summed E-state index contributed by atoms with van der Waals surface area (Å²) in [5, 5.41) is 1.94. The summed E-state index contributed by atoms with van der Waals surface area (Å²) >= 11 is 0. The van der Waals surface area contributed by atoms with Crippen LogP contribution in [0.1, 0.15) is 13.8 Å². The number of nitrogens with two attached hydrogens (primary N) is 2. The van der Waals surface area contributed by atoms with Gasteiger partial charge in [-0.15, -0.1) is 0 Å². The minimum absolute atomic E-state index is 0.482. The number of nitrogens with zero attached hydrogens (tertiary/aromatic N) is 4. The second kappa shape index (κ2) is 10.4. The van der Waals surface area contributed by atoms with Crippen LogP contribution in [0.2, 0.25) is 0 Å². The number of hydrogen-bond donors (Lipinski definition) is 2. The quantitative estimate of drug-likeness (QED) is 0.295. The summed E-state index contributed by atoms with van der Waals surface area (Å²) in [6.07, 6.45) is 0. The molecule has 0 aliphatic heterocycles. The minimum Gasteiger partial charge on any atom is -0.497 e. The maximum atomic E-state index is 6.28. The Labute approximate surface area is 207 Å². The molecule has 2 heterocycles. The van der Waals surface area contributed by atoms with Gasteiger partial charge in [-0.05, 0) is 84.0 Å². The maximum Gasteiger partial charge on any atom is 0.201 e. The molecule has 0 atom stereocenters. The number of benzene rings is 2. The van der Waals surface area contributed by atoms with Crippen molar-refractivity contribution in [2.24, 2.45) is 0 Å². The smallest absolute Gasteiger partial charge is 0.201 e. The van der Waals surface area contributed by atoms with E-state index < -0.39 is 0 Å². The van der Waals surface area contributed by atoms with Crippen LogP contribution < -0.4 is 20.9 Å². The van der Waals surface area contributed by atoms with E-state index >= 15 is 0 Å². The molecule has 0 aliphatic carbocycles. The molecule has 4 N–H and O–H groups in total. The van der Waals surface area contributed by atoms with Crippen molar-refractivity contribution in [3.8, 4) is 34.0 Å². The first-order valence-corrected chi connectivity index (χ1v) is 13.0. The fraction of sp³-hybridized carbons (Fsp3) is 0.250. The van der Waals surface area contributed by atoms with Gasteiger partial charge in [0.2, 0.25) is 11.9 Å². The SMILES string of the molecule is CCn1c(N)nc(-c2ccc(OC)cc2)c1SSc1c(-c2ccc(OC)cc2)nc(N)n1CC. The van der Waals surface area contributed by atoms with E-state index in [1.807, 2.05) is 57.7 Å². The van der Waals surface area contributed by atoms with Gasteiger partial charge >= 0.3 is 0 Å². The third-order valence-electron chi connectivity index (χ3n) is 5.46. The van der Waals surface area contributed by atoms with Crippen molar-refractivity contribution >= 4 is 33.5 Å². The Bertz CT molecular complexity index is 1170. The molecular weight excluding hydrogens is 468 g/mol. The predicted molar refractivity (Wildman–Crippen MR) is 140 cm³/mol. The second-order valence-corrected chi connectivity index (χ2v) is 9.47. The van der Waals surface area contributed by atoms with E-state index in [2.05, 4.69) is 23.8 Å². The van der Waals surface area contributed by atoms with E-state index in [9.17, 15) is 0 Å². The molecule has 0 amide bonds. The van der Waals surface area contributed by atoms with E-state index in [-0.39, 0.29) is 0 Å². The summed E-state index contributed by atoms with van der Waals surface area (Å²) in [7, 11) is 6.51. The highest BCUT2D eigenvalue weighted by Crippen LogP contribution is 2.46. The van der Waals surface area contributed by atoms with Crippen LogP contribution in [0, 0.1) is 0 Å². The van der Waals surface area contributed by atoms with Crippen molar-refractivity contribution in [1.29, 1.82) is 0 Å². The number of aromatic nitrogens is 4. The van der Waals surface area contributed by atoms with Crippen LogP contribution in [0.4, 0.5) is 11.9 Å². The molecule has 10 heteroatoms. The summed E-state index contributed by atoms with van der Waals surface area (Å²) in [5.74, 6) is 2.55. The zero-order valence-corrected chi connectivity index (χ0v) is 21.2. The van der Waals surface area contributed by atoms with Crippen molar-refractivity contribution in [3.05, 3.63) is 48.5 Å². The Morgan fingerprint density at radius 2 is 1.03 bits per heavy atom. The lowest BCUT2D eigenvalue weighted by Gasteiger charge is -2.11. The van der Waals surface area contributed by atoms with E-state index in [1.54, 1.807) is 35.8 Å². The van der Waals surface area contributed by atoms with Gasteiger partial charge in [0.05, 0.1) is 14.2 Å². The molecule has 4 aromatic rings. The highest BCUT2D eigenvalue weighted by Gasteiger charge is 2.22. The van der Waals surface area contributed by atoms with Crippen molar-refractivity contribution in [2.45, 2.75) is 37.0 Å². The van der Waals surface area contributed by atoms with Crippen LogP contribution >= 0.6 is 21.6 Å². The number of methoxy groups -OCH3 is 2. The first-order chi connectivity index (χ1) is 16.5. The molecule has 0 fully saturated rings. The molecule has 0 aliphatic rings. The van der Waals surface area contributed by atoms with Gasteiger partial charge < -0.3 is 30.1 Å². The van der Waals surface area contributed by atoms with Gasteiger partial charge in [0.25, 0.3) is 0 Å². The van der Waals surface area contributed by atoms with Gasteiger partial charge in [-0.3, -0.25) is 0 Å². The number of hydrogen-bond acceptors (Lipinski definition) is 8. The number of ether oxygens (including phenoxy) is 2. The zero-order chi connectivity index (χ0) is 24.2. The summed E-state index contributed by atoms with van der Waals surface area (Å²) in [5.41, 5.74) is 16.2. The Morgan fingerprint density at radius 1 is 0.676 bits per heavy atom. The molecule has 0 saturated carbocycles. The van der Waals surface area contributed by atoms with Crippen LogP contribution in [-0.2, 0) is 13.1 Å². The fourth-order valence-electron chi connectivity index (χ4n) is 3.64. The minimum atomic E-state index is 0.482. The molecule has 0 saturated heterocycles. The van der Waals surface area contributed by atoms with Crippen LogP contribution in [-0.4, -0.2) is 33.3 Å². The van der Waals surface area contributed by atoms with Crippen LogP contribution in [0.25, 0.3) is 22.5 Å². The van der Waals surface area contributed by atoms with E-state index in [1.165, 1.54) is 0 Å². The third kappa shape index (κ3) is 4.55. The number of imidazole rings is 2. The lowest BCUT2D eigenvalue weighted by molar-refractivity contribution is 0.415. The average molecular weight is 497 g/mol. The molecule has 4 rings (SSSR count). The molecule has 0 bridgehead atoms. The van der Waals surface area contributed by atoms with Gasteiger partial charge in [0.1, 0.15) is 32.9 Å². The molecular formula is C24H28N6O2S2. The third-order valence-corrected chi connectivity index (χ3v) is 7.88. The highest BCUT2D eigenvalue weighted by molar-refractivity contribution is 8.76. The first kappa shape index (κ1) is 23.9. The summed E-state index contributed by atoms with van der Waals surface area (Å²) in [6.45, 7) is 5.53. The molecule has 34 heavy (non-hydrogen) atoms. The maximum absolute atomic E-state index is 6.28. The highest BCUT2D eigenvalue weighted by atomic mass is 33.1. The van der Waals surface area contributed by atoms with Crippen molar-refractivity contribution in [1.82, 2.24) is 19.1 Å². The van der Waals surface area contributed by atoms with E-state index in [0.717, 1.165) is 44.1 Å².